The van der Waals surface area contributed by atoms with Gasteiger partial charge in [-0.3, -0.25) is 9.78 Å². The number of pyridine rings is 1. The molecule has 3 aromatic rings. The monoisotopic (exact) mass is 406 g/mol. The van der Waals surface area contributed by atoms with Crippen molar-refractivity contribution in [3.63, 3.8) is 0 Å². The van der Waals surface area contributed by atoms with Crippen LogP contribution in [0.2, 0.25) is 10.0 Å². The maximum Gasteiger partial charge on any atom is 0.276 e. The van der Waals surface area contributed by atoms with Gasteiger partial charge in [-0.05, 0) is 29.8 Å². The van der Waals surface area contributed by atoms with Gasteiger partial charge in [-0.25, -0.2) is 4.98 Å². The molecule has 0 aliphatic carbocycles. The first-order chi connectivity index (χ1) is 12.5. The molecule has 0 aliphatic heterocycles. The van der Waals surface area contributed by atoms with Crippen LogP contribution in [0.5, 0.6) is 0 Å². The number of imidazole rings is 1. The minimum Gasteiger partial charge on any atom is -0.318 e. The number of carbonyl (C=O) groups is 1. The molecule has 0 fully saturated rings. The second-order valence-corrected chi connectivity index (χ2v) is 7.31. The average Bonchev–Trinajstić information content (AvgIpc) is 3.01. The van der Waals surface area contributed by atoms with Crippen LogP contribution in [0.25, 0.3) is 0 Å². The fourth-order valence-corrected chi connectivity index (χ4v) is 4.07. The van der Waals surface area contributed by atoms with Crippen molar-refractivity contribution in [2.45, 2.75) is 10.9 Å². The number of anilines is 1. The van der Waals surface area contributed by atoms with Gasteiger partial charge in [-0.2, -0.15) is 0 Å². The Kier molecular flexibility index (Phi) is 5.86. The lowest BCUT2D eigenvalue weighted by Crippen LogP contribution is -2.28. The normalized spacial score (nSPS) is 10.8. The van der Waals surface area contributed by atoms with Gasteiger partial charge in [0.05, 0.1) is 18.1 Å². The summed E-state index contributed by atoms with van der Waals surface area (Å²) in [7, 11) is 3.52. The van der Waals surface area contributed by atoms with E-state index in [1.165, 1.54) is 11.8 Å². The van der Waals surface area contributed by atoms with Crippen molar-refractivity contribution in [2.75, 3.05) is 11.9 Å². The predicted octanol–water partition coefficient (Wildman–Crippen LogP) is 4.69. The molecule has 0 aliphatic rings. The largest absolute Gasteiger partial charge is 0.318 e. The van der Waals surface area contributed by atoms with E-state index in [-0.39, 0.29) is 5.91 Å². The molecule has 0 spiro atoms. The number of aromatic nitrogens is 3. The maximum absolute atomic E-state index is 12.7. The third kappa shape index (κ3) is 3.87. The molecule has 0 saturated heterocycles. The number of thioether (sulfide) groups is 1. The van der Waals surface area contributed by atoms with Crippen molar-refractivity contribution in [1.29, 1.82) is 0 Å². The second-order valence-electron chi connectivity index (χ2n) is 5.55. The van der Waals surface area contributed by atoms with E-state index in [4.69, 9.17) is 23.2 Å². The molecule has 1 amide bonds. The van der Waals surface area contributed by atoms with E-state index < -0.39 is 0 Å². The number of rotatable bonds is 5. The lowest BCUT2D eigenvalue weighted by atomic mass is 10.2. The molecule has 0 radical (unpaired) electrons. The van der Waals surface area contributed by atoms with E-state index in [1.54, 1.807) is 53.3 Å². The number of amides is 1. The summed E-state index contributed by atoms with van der Waals surface area (Å²) in [5.41, 5.74) is 2.06. The van der Waals surface area contributed by atoms with Crippen LogP contribution in [-0.2, 0) is 12.8 Å². The third-order valence-corrected chi connectivity index (χ3v) is 5.69. The highest BCUT2D eigenvalue weighted by atomic mass is 35.5. The Hall–Kier alpha value is -2.02. The highest BCUT2D eigenvalue weighted by molar-refractivity contribution is 7.98. The molecule has 134 valence electrons. The predicted molar refractivity (Wildman–Crippen MR) is 106 cm³/mol. The number of hydrogen-bond acceptors (Lipinski definition) is 4. The number of halogens is 2. The molecular formula is C18H16Cl2N4OS. The first-order valence-corrected chi connectivity index (χ1v) is 9.48. The molecule has 0 atom stereocenters. The smallest absolute Gasteiger partial charge is 0.276 e. The van der Waals surface area contributed by atoms with Gasteiger partial charge in [0.25, 0.3) is 5.91 Å². The lowest BCUT2D eigenvalue weighted by Gasteiger charge is -2.17. The van der Waals surface area contributed by atoms with Gasteiger partial charge in [0.1, 0.15) is 5.69 Å². The first kappa shape index (κ1) is 18.8. The average molecular weight is 407 g/mol. The first-order valence-electron chi connectivity index (χ1n) is 7.74. The zero-order chi connectivity index (χ0) is 18.7. The van der Waals surface area contributed by atoms with Crippen molar-refractivity contribution in [3.05, 3.63) is 70.2 Å². The molecule has 2 heterocycles. The van der Waals surface area contributed by atoms with Crippen LogP contribution in [0.4, 0.5) is 5.69 Å². The quantitative estimate of drug-likeness (QED) is 0.576. The highest BCUT2D eigenvalue weighted by Gasteiger charge is 2.19. The van der Waals surface area contributed by atoms with Gasteiger partial charge in [-0.1, -0.05) is 41.0 Å². The maximum atomic E-state index is 12.7. The van der Waals surface area contributed by atoms with Crippen LogP contribution in [0, 0.1) is 0 Å². The Labute approximate surface area is 166 Å². The van der Waals surface area contributed by atoms with Gasteiger partial charge >= 0.3 is 0 Å². The van der Waals surface area contributed by atoms with Crippen molar-refractivity contribution in [1.82, 2.24) is 14.5 Å². The summed E-state index contributed by atoms with van der Waals surface area (Å²) in [6.07, 6.45) is 4.88. The van der Waals surface area contributed by atoms with Gasteiger partial charge < -0.3 is 9.47 Å². The van der Waals surface area contributed by atoms with Crippen molar-refractivity contribution >= 4 is 46.6 Å². The third-order valence-electron chi connectivity index (χ3n) is 3.91. The number of benzene rings is 1. The molecule has 8 heteroatoms. The molecular weight excluding hydrogens is 391 g/mol. The Bertz CT molecular complexity index is 910. The van der Waals surface area contributed by atoms with Crippen LogP contribution in [0.3, 0.4) is 0 Å². The molecule has 26 heavy (non-hydrogen) atoms. The van der Waals surface area contributed by atoms with Crippen LogP contribution in [-0.4, -0.2) is 27.5 Å². The summed E-state index contributed by atoms with van der Waals surface area (Å²) in [5, 5.41) is 1.95. The molecule has 1 aromatic carbocycles. The van der Waals surface area contributed by atoms with E-state index >= 15 is 0 Å². The van der Waals surface area contributed by atoms with Crippen molar-refractivity contribution in [2.24, 2.45) is 7.05 Å². The van der Waals surface area contributed by atoms with E-state index in [0.29, 0.717) is 26.6 Å². The Morgan fingerprint density at radius 3 is 2.58 bits per heavy atom. The van der Waals surface area contributed by atoms with Crippen LogP contribution in [0.1, 0.15) is 16.1 Å². The summed E-state index contributed by atoms with van der Waals surface area (Å²) in [6, 6.07) is 9.04. The van der Waals surface area contributed by atoms with E-state index in [9.17, 15) is 4.79 Å². The number of carbonyl (C=O) groups excluding carboxylic acids is 1. The van der Waals surface area contributed by atoms with Crippen molar-refractivity contribution in [3.8, 4) is 0 Å². The van der Waals surface area contributed by atoms with Gasteiger partial charge in [0.2, 0.25) is 0 Å². The Morgan fingerprint density at radius 1 is 1.19 bits per heavy atom. The Morgan fingerprint density at radius 2 is 1.92 bits per heavy atom. The van der Waals surface area contributed by atoms with Gasteiger partial charge in [0.15, 0.2) is 5.16 Å². The fraction of sp³-hybridized carbons (Fsp3) is 0.167. The van der Waals surface area contributed by atoms with Crippen LogP contribution >= 0.6 is 35.0 Å². The second kappa shape index (κ2) is 8.12. The number of nitrogens with zero attached hydrogens (tertiary/aromatic N) is 4. The van der Waals surface area contributed by atoms with Gasteiger partial charge in [0, 0.05) is 36.1 Å². The van der Waals surface area contributed by atoms with E-state index in [2.05, 4.69) is 9.97 Å². The molecule has 0 unspecified atom stereocenters. The Balaban J connectivity index is 1.77. The highest BCUT2D eigenvalue weighted by Crippen LogP contribution is 2.31. The summed E-state index contributed by atoms with van der Waals surface area (Å²) in [5.74, 6) is 0.408. The van der Waals surface area contributed by atoms with Crippen LogP contribution < -0.4 is 4.90 Å². The molecule has 0 saturated carbocycles. The SMILES string of the molecule is CN(C(=O)c1cnc(SCc2c(Cl)cccc2Cl)n1C)c1cccnc1. The zero-order valence-corrected chi connectivity index (χ0v) is 16.5. The van der Waals surface area contributed by atoms with Gasteiger partial charge in [-0.15, -0.1) is 0 Å². The fourth-order valence-electron chi connectivity index (χ4n) is 2.37. The summed E-state index contributed by atoms with van der Waals surface area (Å²) < 4.78 is 1.77. The summed E-state index contributed by atoms with van der Waals surface area (Å²) in [6.45, 7) is 0. The molecule has 0 bridgehead atoms. The minimum absolute atomic E-state index is 0.157. The summed E-state index contributed by atoms with van der Waals surface area (Å²) in [4.78, 5) is 22.7. The van der Waals surface area contributed by atoms with E-state index in [0.717, 1.165) is 11.3 Å². The summed E-state index contributed by atoms with van der Waals surface area (Å²) >= 11 is 13.9. The van der Waals surface area contributed by atoms with E-state index in [1.807, 2.05) is 19.2 Å². The molecule has 2 aromatic heterocycles. The lowest BCUT2D eigenvalue weighted by molar-refractivity contribution is 0.0984. The molecule has 5 nitrogen and oxygen atoms in total. The molecule has 0 N–H and O–H groups in total. The standard InChI is InChI=1S/C18H16Cl2N4OS/c1-23(12-5-4-8-21-9-12)17(25)16-10-22-18(24(16)2)26-11-13-14(19)6-3-7-15(13)20/h3-10H,11H2,1-2H3. The number of hydrogen-bond donors (Lipinski definition) is 0. The zero-order valence-electron chi connectivity index (χ0n) is 14.2. The molecule has 3 rings (SSSR count). The minimum atomic E-state index is -0.157. The van der Waals surface area contributed by atoms with Crippen LogP contribution in [0.15, 0.2) is 54.1 Å². The topological polar surface area (TPSA) is 51.0 Å². The van der Waals surface area contributed by atoms with Crippen molar-refractivity contribution < 1.29 is 4.79 Å².